The third-order valence-corrected chi connectivity index (χ3v) is 3.98. The zero-order valence-electron chi connectivity index (χ0n) is 10.1. The summed E-state index contributed by atoms with van der Waals surface area (Å²) in [6.45, 7) is 0. The number of hydrogen-bond acceptors (Lipinski definition) is 4. The van der Waals surface area contributed by atoms with Gasteiger partial charge in [0.15, 0.2) is 0 Å². The van der Waals surface area contributed by atoms with Gasteiger partial charge >= 0.3 is 0 Å². The Labute approximate surface area is 106 Å². The molecule has 2 saturated heterocycles. The molecule has 1 aromatic heterocycles. The second kappa shape index (κ2) is 4.24. The number of aromatic nitrogens is 1. The van der Waals surface area contributed by atoms with Gasteiger partial charge in [-0.05, 0) is 37.8 Å². The van der Waals surface area contributed by atoms with Crippen LogP contribution in [0.5, 0.6) is 0 Å². The van der Waals surface area contributed by atoms with Crippen molar-refractivity contribution in [1.82, 2.24) is 9.88 Å². The molecule has 5 heteroatoms. The number of nitrogens with two attached hydrogens (primary N) is 1. The van der Waals surface area contributed by atoms with Crippen molar-refractivity contribution >= 4 is 11.7 Å². The lowest BCUT2D eigenvalue weighted by Crippen LogP contribution is -2.48. The maximum absolute atomic E-state index is 12.4. The van der Waals surface area contributed by atoms with Crippen molar-refractivity contribution in [3.63, 3.8) is 0 Å². The number of hydrogen-bond donors (Lipinski definition) is 2. The number of pyridine rings is 1. The molecule has 0 spiro atoms. The summed E-state index contributed by atoms with van der Waals surface area (Å²) in [4.78, 5) is 18.3. The molecule has 2 aliphatic heterocycles. The van der Waals surface area contributed by atoms with Crippen LogP contribution in [0.1, 0.15) is 36.0 Å². The fourth-order valence-electron chi connectivity index (χ4n) is 3.16. The normalized spacial score (nSPS) is 30.5. The lowest BCUT2D eigenvalue weighted by molar-refractivity contribution is 0.0286. The molecule has 3 rings (SSSR count). The zero-order chi connectivity index (χ0) is 12.7. The molecular formula is C13H17N3O2. The highest BCUT2D eigenvalue weighted by Gasteiger charge is 2.42. The maximum Gasteiger partial charge on any atom is 0.255 e. The SMILES string of the molecule is Nc1ccc(C(=O)N2C3CC[C@H]2CC(O)C3)cn1. The lowest BCUT2D eigenvalue weighted by Gasteiger charge is -2.37. The Kier molecular flexibility index (Phi) is 2.70. The van der Waals surface area contributed by atoms with Gasteiger partial charge < -0.3 is 15.7 Å². The van der Waals surface area contributed by atoms with Crippen LogP contribution in [0.25, 0.3) is 0 Å². The predicted octanol–water partition coefficient (Wildman–Crippen LogP) is 0.792. The molecule has 3 heterocycles. The Hall–Kier alpha value is -1.62. The first kappa shape index (κ1) is 11.5. The number of carbonyl (C=O) groups excluding carboxylic acids is 1. The second-order valence-corrected chi connectivity index (χ2v) is 5.19. The van der Waals surface area contributed by atoms with Gasteiger partial charge in [-0.2, -0.15) is 0 Å². The third kappa shape index (κ3) is 1.84. The molecule has 2 fully saturated rings. The summed E-state index contributed by atoms with van der Waals surface area (Å²) in [7, 11) is 0. The minimum Gasteiger partial charge on any atom is -0.393 e. The van der Waals surface area contributed by atoms with E-state index < -0.39 is 0 Å². The number of aliphatic hydroxyl groups is 1. The smallest absolute Gasteiger partial charge is 0.255 e. The van der Waals surface area contributed by atoms with E-state index in [0.717, 1.165) is 12.8 Å². The van der Waals surface area contributed by atoms with Crippen molar-refractivity contribution in [3.05, 3.63) is 23.9 Å². The number of carbonyl (C=O) groups is 1. The van der Waals surface area contributed by atoms with Crippen molar-refractivity contribution in [1.29, 1.82) is 0 Å². The van der Waals surface area contributed by atoms with Crippen LogP contribution < -0.4 is 5.73 Å². The number of aliphatic hydroxyl groups excluding tert-OH is 1. The van der Waals surface area contributed by atoms with Gasteiger partial charge in [0.2, 0.25) is 0 Å². The molecular weight excluding hydrogens is 230 g/mol. The minimum absolute atomic E-state index is 0.0156. The first-order chi connectivity index (χ1) is 8.65. The van der Waals surface area contributed by atoms with Crippen LogP contribution in [-0.2, 0) is 0 Å². The van der Waals surface area contributed by atoms with E-state index >= 15 is 0 Å². The molecule has 0 aliphatic carbocycles. The highest BCUT2D eigenvalue weighted by atomic mass is 16.3. The second-order valence-electron chi connectivity index (χ2n) is 5.19. The van der Waals surface area contributed by atoms with Gasteiger partial charge in [0.05, 0.1) is 11.7 Å². The summed E-state index contributed by atoms with van der Waals surface area (Å²) in [5, 5.41) is 9.73. The summed E-state index contributed by atoms with van der Waals surface area (Å²) in [5.41, 5.74) is 6.10. The highest BCUT2D eigenvalue weighted by Crippen LogP contribution is 2.36. The van der Waals surface area contributed by atoms with E-state index in [1.807, 2.05) is 4.90 Å². The molecule has 0 radical (unpaired) electrons. The predicted molar refractivity (Wildman–Crippen MR) is 66.9 cm³/mol. The Bertz CT molecular complexity index is 446. The van der Waals surface area contributed by atoms with E-state index in [0.29, 0.717) is 24.2 Å². The third-order valence-electron chi connectivity index (χ3n) is 3.98. The number of fused-ring (bicyclic) bond motifs is 2. The molecule has 1 aromatic rings. The quantitative estimate of drug-likeness (QED) is 0.769. The highest BCUT2D eigenvalue weighted by molar-refractivity contribution is 5.94. The van der Waals surface area contributed by atoms with Crippen molar-refractivity contribution in [2.24, 2.45) is 0 Å². The lowest BCUT2D eigenvalue weighted by atomic mass is 9.99. The number of nitrogen functional groups attached to an aromatic ring is 1. The van der Waals surface area contributed by atoms with E-state index in [1.165, 1.54) is 6.20 Å². The van der Waals surface area contributed by atoms with E-state index in [-0.39, 0.29) is 24.1 Å². The average molecular weight is 247 g/mol. The summed E-state index contributed by atoms with van der Waals surface area (Å²) in [5.74, 6) is 0.436. The monoisotopic (exact) mass is 247 g/mol. The zero-order valence-corrected chi connectivity index (χ0v) is 10.1. The van der Waals surface area contributed by atoms with Crippen LogP contribution in [0.15, 0.2) is 18.3 Å². The van der Waals surface area contributed by atoms with Crippen LogP contribution >= 0.6 is 0 Å². The molecule has 18 heavy (non-hydrogen) atoms. The maximum atomic E-state index is 12.4. The fraction of sp³-hybridized carbons (Fsp3) is 0.538. The molecule has 1 amide bonds. The molecule has 0 aromatic carbocycles. The molecule has 5 nitrogen and oxygen atoms in total. The van der Waals surface area contributed by atoms with Crippen LogP contribution in [0, 0.1) is 0 Å². The number of nitrogens with zero attached hydrogens (tertiary/aromatic N) is 2. The molecule has 2 bridgehead atoms. The summed E-state index contributed by atoms with van der Waals surface area (Å²) < 4.78 is 0. The number of rotatable bonds is 1. The molecule has 2 unspecified atom stereocenters. The largest absolute Gasteiger partial charge is 0.393 e. The number of amides is 1. The molecule has 0 saturated carbocycles. The van der Waals surface area contributed by atoms with Gasteiger partial charge in [-0.1, -0.05) is 0 Å². The fourth-order valence-corrected chi connectivity index (χ4v) is 3.16. The van der Waals surface area contributed by atoms with Crippen molar-refractivity contribution in [2.75, 3.05) is 5.73 Å². The van der Waals surface area contributed by atoms with Gasteiger partial charge in [0, 0.05) is 18.3 Å². The van der Waals surface area contributed by atoms with Crippen LogP contribution in [0.2, 0.25) is 0 Å². The molecule has 3 atom stereocenters. The van der Waals surface area contributed by atoms with Crippen LogP contribution in [0.3, 0.4) is 0 Å². The molecule has 96 valence electrons. The summed E-state index contributed by atoms with van der Waals surface area (Å²) >= 11 is 0. The Morgan fingerprint density at radius 1 is 1.33 bits per heavy atom. The number of piperidine rings is 1. The Morgan fingerprint density at radius 3 is 2.56 bits per heavy atom. The van der Waals surface area contributed by atoms with E-state index in [1.54, 1.807) is 12.1 Å². The van der Waals surface area contributed by atoms with Crippen molar-refractivity contribution in [3.8, 4) is 0 Å². The molecule has 2 aliphatic rings. The van der Waals surface area contributed by atoms with Crippen LogP contribution in [-0.4, -0.2) is 39.1 Å². The minimum atomic E-state index is -0.254. The van der Waals surface area contributed by atoms with Gasteiger partial charge in [-0.25, -0.2) is 4.98 Å². The first-order valence-corrected chi connectivity index (χ1v) is 6.37. The topological polar surface area (TPSA) is 79.5 Å². The van der Waals surface area contributed by atoms with Gasteiger partial charge in [-0.3, -0.25) is 4.79 Å². The molecule has 3 N–H and O–H groups in total. The van der Waals surface area contributed by atoms with Gasteiger partial charge in [-0.15, -0.1) is 0 Å². The van der Waals surface area contributed by atoms with Crippen molar-refractivity contribution < 1.29 is 9.90 Å². The average Bonchev–Trinajstić information content (AvgIpc) is 2.62. The van der Waals surface area contributed by atoms with E-state index in [4.69, 9.17) is 5.73 Å². The number of anilines is 1. The first-order valence-electron chi connectivity index (χ1n) is 6.37. The van der Waals surface area contributed by atoms with Crippen molar-refractivity contribution in [2.45, 2.75) is 43.9 Å². The summed E-state index contributed by atoms with van der Waals surface area (Å²) in [6.07, 6.45) is 4.67. The van der Waals surface area contributed by atoms with E-state index in [2.05, 4.69) is 4.98 Å². The summed E-state index contributed by atoms with van der Waals surface area (Å²) in [6, 6.07) is 3.73. The Morgan fingerprint density at radius 2 is 2.00 bits per heavy atom. The van der Waals surface area contributed by atoms with E-state index in [9.17, 15) is 9.90 Å². The van der Waals surface area contributed by atoms with Gasteiger partial charge in [0.25, 0.3) is 5.91 Å². The standard InChI is InChI=1S/C13H17N3O2/c14-12-4-1-8(7-15-12)13(18)16-9-2-3-10(16)6-11(17)5-9/h1,4,7,9-11,17H,2-3,5-6H2,(H2,14,15)/t9-,10?,11?/m0/s1. The van der Waals surface area contributed by atoms with Gasteiger partial charge in [0.1, 0.15) is 5.82 Å². The van der Waals surface area contributed by atoms with Crippen LogP contribution in [0.4, 0.5) is 5.82 Å². The Balaban J connectivity index is 1.83.